The van der Waals surface area contributed by atoms with E-state index in [0.717, 1.165) is 12.1 Å². The number of carbonyl (C=O) groups is 2. The van der Waals surface area contributed by atoms with Crippen molar-refractivity contribution in [2.24, 2.45) is 0 Å². The highest BCUT2D eigenvalue weighted by Crippen LogP contribution is 2.20. The molecule has 0 saturated carbocycles. The normalized spacial score (nSPS) is 16.4. The van der Waals surface area contributed by atoms with E-state index in [1.807, 2.05) is 13.8 Å². The molecule has 1 aliphatic heterocycles. The van der Waals surface area contributed by atoms with E-state index in [1.165, 1.54) is 18.2 Å². The van der Waals surface area contributed by atoms with Gasteiger partial charge in [-0.15, -0.1) is 12.4 Å². The summed E-state index contributed by atoms with van der Waals surface area (Å²) in [4.78, 5) is 26.9. The van der Waals surface area contributed by atoms with Crippen molar-refractivity contribution in [3.05, 3.63) is 65.0 Å². The maximum atomic E-state index is 13.8. The number of anilines is 1. The number of nitrogens with one attached hydrogen (secondary N) is 2. The number of rotatable bonds is 3. The summed E-state index contributed by atoms with van der Waals surface area (Å²) in [6.45, 7) is 5.92. The number of halogens is 2. The molecule has 7 heteroatoms. The first-order valence-electron chi connectivity index (χ1n) is 8.65. The summed E-state index contributed by atoms with van der Waals surface area (Å²) in [5.41, 5.74) is 1.79. The van der Waals surface area contributed by atoms with Crippen molar-refractivity contribution < 1.29 is 14.0 Å². The molecule has 2 amide bonds. The van der Waals surface area contributed by atoms with Crippen LogP contribution >= 0.6 is 12.4 Å². The molecule has 5 nitrogen and oxygen atoms in total. The fraction of sp³-hybridized carbons (Fsp3) is 0.300. The smallest absolute Gasteiger partial charge is 0.258 e. The van der Waals surface area contributed by atoms with Crippen LogP contribution in [0.4, 0.5) is 10.1 Å². The van der Waals surface area contributed by atoms with E-state index in [4.69, 9.17) is 0 Å². The summed E-state index contributed by atoms with van der Waals surface area (Å²) in [6, 6.07) is 11.3. The topological polar surface area (TPSA) is 61.4 Å². The molecule has 3 rings (SSSR count). The molecule has 1 saturated heterocycles. The van der Waals surface area contributed by atoms with Gasteiger partial charge < -0.3 is 15.5 Å². The van der Waals surface area contributed by atoms with Gasteiger partial charge in [0.1, 0.15) is 5.82 Å². The first-order valence-corrected chi connectivity index (χ1v) is 8.65. The van der Waals surface area contributed by atoms with Gasteiger partial charge in [0, 0.05) is 36.9 Å². The Labute approximate surface area is 164 Å². The lowest BCUT2D eigenvalue weighted by Gasteiger charge is -2.32. The monoisotopic (exact) mass is 391 g/mol. The van der Waals surface area contributed by atoms with Crippen LogP contribution in [0.1, 0.15) is 33.2 Å². The third kappa shape index (κ3) is 4.84. The van der Waals surface area contributed by atoms with Crippen LogP contribution in [0.5, 0.6) is 0 Å². The molecule has 0 bridgehead atoms. The first kappa shape index (κ1) is 20.9. The van der Waals surface area contributed by atoms with Crippen LogP contribution in [-0.4, -0.2) is 42.4 Å². The minimum absolute atomic E-state index is 0. The van der Waals surface area contributed by atoms with Crippen LogP contribution in [0.3, 0.4) is 0 Å². The Morgan fingerprint density at radius 3 is 2.67 bits per heavy atom. The minimum Gasteiger partial charge on any atom is -0.336 e. The summed E-state index contributed by atoms with van der Waals surface area (Å²) >= 11 is 0. The second-order valence-electron chi connectivity index (χ2n) is 6.57. The van der Waals surface area contributed by atoms with Gasteiger partial charge in [-0.3, -0.25) is 9.59 Å². The summed E-state index contributed by atoms with van der Waals surface area (Å²) in [5, 5.41) is 6.01. The van der Waals surface area contributed by atoms with Gasteiger partial charge in [-0.25, -0.2) is 4.39 Å². The molecule has 2 N–H and O–H groups in total. The zero-order chi connectivity index (χ0) is 18.7. The predicted octanol–water partition coefficient (Wildman–Crippen LogP) is 3.24. The Morgan fingerprint density at radius 2 is 1.96 bits per heavy atom. The average Bonchev–Trinajstić information content (AvgIpc) is 2.63. The second-order valence-corrected chi connectivity index (χ2v) is 6.57. The van der Waals surface area contributed by atoms with Gasteiger partial charge >= 0.3 is 0 Å². The van der Waals surface area contributed by atoms with Crippen LogP contribution in [0.15, 0.2) is 42.5 Å². The molecule has 27 heavy (non-hydrogen) atoms. The zero-order valence-corrected chi connectivity index (χ0v) is 16.1. The fourth-order valence-corrected chi connectivity index (χ4v) is 3.02. The van der Waals surface area contributed by atoms with Crippen molar-refractivity contribution in [1.82, 2.24) is 10.2 Å². The number of hydrogen-bond donors (Lipinski definition) is 2. The van der Waals surface area contributed by atoms with Gasteiger partial charge in [0.25, 0.3) is 11.8 Å². The Bertz CT molecular complexity index is 844. The van der Waals surface area contributed by atoms with Crippen LogP contribution in [-0.2, 0) is 0 Å². The van der Waals surface area contributed by atoms with Crippen LogP contribution in [0.2, 0.25) is 0 Å². The van der Waals surface area contributed by atoms with Gasteiger partial charge in [0.2, 0.25) is 0 Å². The summed E-state index contributed by atoms with van der Waals surface area (Å²) in [5.74, 6) is -1.18. The van der Waals surface area contributed by atoms with Crippen molar-refractivity contribution in [2.45, 2.75) is 19.9 Å². The average molecular weight is 392 g/mol. The van der Waals surface area contributed by atoms with Gasteiger partial charge in [-0.05, 0) is 43.7 Å². The molecule has 2 aromatic carbocycles. The number of carbonyl (C=O) groups excluding carboxylic acids is 2. The molecule has 0 aliphatic carbocycles. The van der Waals surface area contributed by atoms with E-state index in [2.05, 4.69) is 10.6 Å². The molecule has 1 aliphatic rings. The van der Waals surface area contributed by atoms with Crippen molar-refractivity contribution in [1.29, 1.82) is 0 Å². The molecular formula is C20H23ClFN3O2. The van der Waals surface area contributed by atoms with E-state index < -0.39 is 11.7 Å². The van der Waals surface area contributed by atoms with Crippen LogP contribution in [0.25, 0.3) is 0 Å². The molecule has 0 aromatic heterocycles. The zero-order valence-electron chi connectivity index (χ0n) is 15.3. The molecule has 1 fully saturated rings. The Hall–Kier alpha value is -2.44. The molecular weight excluding hydrogens is 369 g/mol. The first-order chi connectivity index (χ1) is 12.5. The van der Waals surface area contributed by atoms with Crippen molar-refractivity contribution in [3.63, 3.8) is 0 Å². The second kappa shape index (κ2) is 8.97. The lowest BCUT2D eigenvalue weighted by molar-refractivity contribution is 0.0709. The van der Waals surface area contributed by atoms with Gasteiger partial charge in [-0.2, -0.15) is 0 Å². The molecule has 2 aromatic rings. The molecule has 1 unspecified atom stereocenters. The van der Waals surface area contributed by atoms with E-state index in [9.17, 15) is 14.0 Å². The number of nitrogens with zero attached hydrogens (tertiary/aromatic N) is 1. The lowest BCUT2D eigenvalue weighted by Crippen LogP contribution is -2.51. The number of benzene rings is 2. The van der Waals surface area contributed by atoms with Crippen molar-refractivity contribution in [2.75, 3.05) is 25.0 Å². The summed E-state index contributed by atoms with van der Waals surface area (Å²) in [6.07, 6.45) is 0. The minimum atomic E-state index is -0.579. The van der Waals surface area contributed by atoms with Crippen LogP contribution in [0, 0.1) is 12.7 Å². The Kier molecular flexibility index (Phi) is 6.93. The maximum Gasteiger partial charge on any atom is 0.258 e. The third-order valence-electron chi connectivity index (χ3n) is 4.51. The highest BCUT2D eigenvalue weighted by Gasteiger charge is 2.22. The van der Waals surface area contributed by atoms with Gasteiger partial charge in [0.05, 0.1) is 5.56 Å². The molecule has 1 heterocycles. The number of aryl methyl sites for hydroxylation is 1. The van der Waals surface area contributed by atoms with E-state index in [1.54, 1.807) is 29.2 Å². The number of piperazine rings is 1. The molecule has 0 radical (unpaired) electrons. The maximum absolute atomic E-state index is 13.8. The van der Waals surface area contributed by atoms with E-state index >= 15 is 0 Å². The fourth-order valence-electron chi connectivity index (χ4n) is 3.02. The Morgan fingerprint density at radius 1 is 1.22 bits per heavy atom. The van der Waals surface area contributed by atoms with Gasteiger partial charge in [-0.1, -0.05) is 18.2 Å². The summed E-state index contributed by atoms with van der Waals surface area (Å²) in [7, 11) is 0. The standard InChI is InChI=1S/C20H22FN3O2.ClH/c1-13-7-8-15(20(26)24-10-9-22-14(2)12-24)11-18(13)23-19(25)16-5-3-4-6-17(16)21;/h3-8,11,14,22H,9-10,12H2,1-2H3,(H,23,25);1H. The van der Waals surface area contributed by atoms with Crippen molar-refractivity contribution in [3.8, 4) is 0 Å². The third-order valence-corrected chi connectivity index (χ3v) is 4.51. The van der Waals surface area contributed by atoms with E-state index in [-0.39, 0.29) is 29.9 Å². The number of hydrogen-bond acceptors (Lipinski definition) is 3. The molecule has 0 spiro atoms. The number of amides is 2. The van der Waals surface area contributed by atoms with Gasteiger partial charge in [0.15, 0.2) is 0 Å². The SMILES string of the molecule is Cc1ccc(C(=O)N2CCNC(C)C2)cc1NC(=O)c1ccccc1F.Cl. The summed E-state index contributed by atoms with van der Waals surface area (Å²) < 4.78 is 13.8. The van der Waals surface area contributed by atoms with Crippen molar-refractivity contribution >= 4 is 29.9 Å². The van der Waals surface area contributed by atoms with Crippen LogP contribution < -0.4 is 10.6 Å². The molecule has 144 valence electrons. The predicted molar refractivity (Wildman–Crippen MR) is 106 cm³/mol. The Balaban J connectivity index is 0.00000261. The highest BCUT2D eigenvalue weighted by atomic mass is 35.5. The lowest BCUT2D eigenvalue weighted by atomic mass is 10.1. The molecule has 1 atom stereocenters. The van der Waals surface area contributed by atoms with E-state index in [0.29, 0.717) is 24.3 Å². The quantitative estimate of drug-likeness (QED) is 0.844. The highest BCUT2D eigenvalue weighted by molar-refractivity contribution is 6.05. The largest absolute Gasteiger partial charge is 0.336 e.